The van der Waals surface area contributed by atoms with Crippen molar-refractivity contribution >= 4 is 5.91 Å². The minimum absolute atomic E-state index is 0.140. The van der Waals surface area contributed by atoms with Gasteiger partial charge in [0.2, 0.25) is 5.91 Å². The molecule has 0 aromatic rings. The van der Waals surface area contributed by atoms with Crippen molar-refractivity contribution in [2.24, 2.45) is 10.8 Å². The molecule has 0 saturated heterocycles. The van der Waals surface area contributed by atoms with E-state index in [-0.39, 0.29) is 5.91 Å². The summed E-state index contributed by atoms with van der Waals surface area (Å²) >= 11 is 0. The molecule has 1 aliphatic rings. The molecule has 0 bridgehead atoms. The van der Waals surface area contributed by atoms with Gasteiger partial charge < -0.3 is 10.6 Å². The first kappa shape index (κ1) is 12.5. The van der Waals surface area contributed by atoms with E-state index in [1.165, 1.54) is 0 Å². The van der Waals surface area contributed by atoms with E-state index in [4.69, 9.17) is 0 Å². The van der Waals surface area contributed by atoms with Crippen LogP contribution in [0.4, 0.5) is 0 Å². The Morgan fingerprint density at radius 2 is 1.73 bits per heavy atom. The molecule has 1 saturated carbocycles. The lowest BCUT2D eigenvalue weighted by atomic mass is 10.0. The van der Waals surface area contributed by atoms with Crippen molar-refractivity contribution in [1.29, 1.82) is 0 Å². The van der Waals surface area contributed by atoms with Crippen molar-refractivity contribution in [3.63, 3.8) is 0 Å². The Labute approximate surface area is 93.0 Å². The summed E-state index contributed by atoms with van der Waals surface area (Å²) < 4.78 is 0. The Bertz CT molecular complexity index is 232. The second-order valence-corrected chi connectivity index (χ2v) is 5.53. The normalized spacial score (nSPS) is 22.5. The topological polar surface area (TPSA) is 41.1 Å². The Kier molecular flexibility index (Phi) is 3.44. The van der Waals surface area contributed by atoms with E-state index in [9.17, 15) is 4.79 Å². The Morgan fingerprint density at radius 1 is 1.20 bits per heavy atom. The van der Waals surface area contributed by atoms with Crippen molar-refractivity contribution in [3.05, 3.63) is 0 Å². The van der Waals surface area contributed by atoms with Crippen LogP contribution in [0, 0.1) is 10.8 Å². The largest absolute Gasteiger partial charge is 0.356 e. The molecule has 88 valence electrons. The number of carbonyl (C=O) groups excluding carboxylic acids is 1. The zero-order chi connectivity index (χ0) is 11.7. The summed E-state index contributed by atoms with van der Waals surface area (Å²) in [4.78, 5) is 11.2. The van der Waals surface area contributed by atoms with Crippen molar-refractivity contribution in [3.8, 4) is 0 Å². The summed E-state index contributed by atoms with van der Waals surface area (Å²) in [5.74, 6) is 0.140. The number of amides is 1. The predicted octanol–water partition coefficient (Wildman–Crippen LogP) is 1.54. The smallest absolute Gasteiger partial charge is 0.221 e. The predicted molar refractivity (Wildman–Crippen MR) is 62.7 cm³/mol. The third kappa shape index (κ3) is 2.33. The first-order valence-corrected chi connectivity index (χ1v) is 5.84. The van der Waals surface area contributed by atoms with E-state index < -0.39 is 0 Å². The molecule has 0 unspecified atom stereocenters. The van der Waals surface area contributed by atoms with Crippen LogP contribution in [0.15, 0.2) is 0 Å². The molecule has 3 nitrogen and oxygen atoms in total. The summed E-state index contributed by atoms with van der Waals surface area (Å²) in [5, 5.41) is 6.27. The summed E-state index contributed by atoms with van der Waals surface area (Å²) in [6.07, 6.45) is 0.580. The van der Waals surface area contributed by atoms with Crippen LogP contribution in [0.25, 0.3) is 0 Å². The third-order valence-electron chi connectivity index (χ3n) is 4.10. The molecule has 0 radical (unpaired) electrons. The van der Waals surface area contributed by atoms with Crippen molar-refractivity contribution in [1.82, 2.24) is 10.6 Å². The van der Waals surface area contributed by atoms with Gasteiger partial charge >= 0.3 is 0 Å². The van der Waals surface area contributed by atoms with Crippen LogP contribution in [0.3, 0.4) is 0 Å². The molecule has 0 heterocycles. The minimum atomic E-state index is 0.140. The Hall–Kier alpha value is -0.570. The van der Waals surface area contributed by atoms with Crippen LogP contribution >= 0.6 is 0 Å². The fourth-order valence-electron chi connectivity index (χ4n) is 2.32. The highest BCUT2D eigenvalue weighted by Crippen LogP contribution is 2.62. The van der Waals surface area contributed by atoms with Crippen LogP contribution in [0.5, 0.6) is 0 Å². The molecule has 1 rings (SSSR count). The third-order valence-corrected chi connectivity index (χ3v) is 4.10. The molecule has 1 fully saturated rings. The maximum Gasteiger partial charge on any atom is 0.221 e. The quantitative estimate of drug-likeness (QED) is 0.726. The van der Waals surface area contributed by atoms with Gasteiger partial charge in [0.25, 0.3) is 0 Å². The molecule has 2 N–H and O–H groups in total. The lowest BCUT2D eigenvalue weighted by Crippen LogP contribution is -2.30. The van der Waals surface area contributed by atoms with Gasteiger partial charge in [-0.1, -0.05) is 27.7 Å². The maximum atomic E-state index is 11.2. The van der Waals surface area contributed by atoms with Crippen molar-refractivity contribution < 1.29 is 4.79 Å². The van der Waals surface area contributed by atoms with Crippen LogP contribution in [0.2, 0.25) is 0 Å². The molecule has 1 aliphatic carbocycles. The average Bonchev–Trinajstić information content (AvgIpc) is 2.48. The average molecular weight is 212 g/mol. The summed E-state index contributed by atoms with van der Waals surface area (Å²) in [7, 11) is 0. The van der Waals surface area contributed by atoms with Crippen LogP contribution < -0.4 is 10.6 Å². The second-order valence-electron chi connectivity index (χ2n) is 5.53. The van der Waals surface area contributed by atoms with Gasteiger partial charge in [-0.05, 0) is 17.8 Å². The number of rotatable bonds is 5. The van der Waals surface area contributed by atoms with Gasteiger partial charge in [0, 0.05) is 25.6 Å². The van der Waals surface area contributed by atoms with Gasteiger partial charge in [-0.3, -0.25) is 4.79 Å². The van der Waals surface area contributed by atoms with Crippen LogP contribution in [-0.2, 0) is 4.79 Å². The SMILES string of the molecule is CCNC(=O)CCNC1C(C)(C)C1(C)C. The van der Waals surface area contributed by atoms with Gasteiger partial charge in [-0.25, -0.2) is 0 Å². The molecule has 3 heteroatoms. The number of hydrogen-bond acceptors (Lipinski definition) is 2. The van der Waals surface area contributed by atoms with Gasteiger partial charge in [-0.2, -0.15) is 0 Å². The number of carbonyl (C=O) groups is 1. The monoisotopic (exact) mass is 212 g/mol. The molecule has 0 aromatic carbocycles. The Morgan fingerprint density at radius 3 is 2.13 bits per heavy atom. The highest BCUT2D eigenvalue weighted by molar-refractivity contribution is 5.75. The van der Waals surface area contributed by atoms with Crippen molar-refractivity contribution in [2.45, 2.75) is 47.1 Å². The van der Waals surface area contributed by atoms with E-state index >= 15 is 0 Å². The second kappa shape index (κ2) is 4.12. The minimum Gasteiger partial charge on any atom is -0.356 e. The van der Waals surface area contributed by atoms with Crippen molar-refractivity contribution in [2.75, 3.05) is 13.1 Å². The molecular formula is C12H24N2O. The van der Waals surface area contributed by atoms with Crippen LogP contribution in [-0.4, -0.2) is 25.0 Å². The van der Waals surface area contributed by atoms with E-state index in [2.05, 4.69) is 38.3 Å². The molecule has 0 aromatic heterocycles. The summed E-state index contributed by atoms with van der Waals surface area (Å²) in [6, 6.07) is 0.541. The van der Waals surface area contributed by atoms with Gasteiger partial charge in [0.05, 0.1) is 0 Å². The lowest BCUT2D eigenvalue weighted by Gasteiger charge is -2.06. The van der Waals surface area contributed by atoms with E-state index in [0.29, 0.717) is 23.3 Å². The molecule has 0 spiro atoms. The molecule has 1 amide bonds. The van der Waals surface area contributed by atoms with Crippen LogP contribution in [0.1, 0.15) is 41.0 Å². The summed E-state index contributed by atoms with van der Waals surface area (Å²) in [6.45, 7) is 12.5. The molecule has 15 heavy (non-hydrogen) atoms. The van der Waals surface area contributed by atoms with Gasteiger partial charge in [0.15, 0.2) is 0 Å². The highest BCUT2D eigenvalue weighted by Gasteiger charge is 2.64. The lowest BCUT2D eigenvalue weighted by molar-refractivity contribution is -0.120. The summed E-state index contributed by atoms with van der Waals surface area (Å²) in [5.41, 5.74) is 0.711. The van der Waals surface area contributed by atoms with E-state index in [1.54, 1.807) is 0 Å². The number of hydrogen-bond donors (Lipinski definition) is 2. The maximum absolute atomic E-state index is 11.2. The van der Waals surface area contributed by atoms with Gasteiger partial charge in [0.1, 0.15) is 0 Å². The fraction of sp³-hybridized carbons (Fsp3) is 0.917. The number of nitrogens with one attached hydrogen (secondary N) is 2. The molecule has 0 aliphatic heterocycles. The standard InChI is InChI=1S/C12H24N2O/c1-6-13-9(15)7-8-14-10-11(2,3)12(10,4)5/h10,14H,6-8H2,1-5H3,(H,13,15). The Balaban J connectivity index is 2.21. The molecular weight excluding hydrogens is 188 g/mol. The highest BCUT2D eigenvalue weighted by atomic mass is 16.1. The first-order chi connectivity index (χ1) is 6.84. The van der Waals surface area contributed by atoms with E-state index in [1.807, 2.05) is 6.92 Å². The zero-order valence-corrected chi connectivity index (χ0v) is 10.6. The zero-order valence-electron chi connectivity index (χ0n) is 10.6. The first-order valence-electron chi connectivity index (χ1n) is 5.84. The fourth-order valence-corrected chi connectivity index (χ4v) is 2.32. The molecule has 0 atom stereocenters. The van der Waals surface area contributed by atoms with Gasteiger partial charge in [-0.15, -0.1) is 0 Å². The van der Waals surface area contributed by atoms with E-state index in [0.717, 1.165) is 13.1 Å².